The van der Waals surface area contributed by atoms with E-state index in [-0.39, 0.29) is 17.0 Å². The first-order valence-electron chi connectivity index (χ1n) is 6.96. The van der Waals surface area contributed by atoms with Crippen molar-refractivity contribution in [3.63, 3.8) is 0 Å². The Hall–Kier alpha value is -2.69. The molecule has 0 saturated carbocycles. The minimum Gasteiger partial charge on any atom is -0.493 e. The number of methoxy groups -OCH3 is 2. The highest BCUT2D eigenvalue weighted by molar-refractivity contribution is 14.1. The van der Waals surface area contributed by atoms with Crippen LogP contribution in [-0.2, 0) is 0 Å². The smallest absolute Gasteiger partial charge is 0.282 e. The van der Waals surface area contributed by atoms with Gasteiger partial charge in [-0.1, -0.05) is 12.1 Å². The van der Waals surface area contributed by atoms with Gasteiger partial charge >= 0.3 is 0 Å². The Bertz CT molecular complexity index is 839. The number of nitrogens with one attached hydrogen (secondary N) is 1. The number of carbonyl (C=O) groups is 1. The lowest BCUT2D eigenvalue weighted by Gasteiger charge is -2.08. The molecule has 0 spiro atoms. The Kier molecular flexibility index (Phi) is 6.28. The maximum atomic E-state index is 12.1. The van der Waals surface area contributed by atoms with Crippen molar-refractivity contribution in [2.75, 3.05) is 14.2 Å². The summed E-state index contributed by atoms with van der Waals surface area (Å²) in [7, 11) is 2.81. The molecule has 2 aromatic carbocycles. The Balaban J connectivity index is 2.26. The van der Waals surface area contributed by atoms with E-state index in [1.54, 1.807) is 18.2 Å². The first-order valence-corrected chi connectivity index (χ1v) is 8.04. The minimum absolute atomic E-state index is 0.172. The zero-order valence-corrected chi connectivity index (χ0v) is 15.5. The number of hydrazone groups is 1. The molecule has 1 amide bonds. The van der Waals surface area contributed by atoms with Crippen LogP contribution in [0.3, 0.4) is 0 Å². The summed E-state index contributed by atoms with van der Waals surface area (Å²) in [5.74, 6) is 0.136. The van der Waals surface area contributed by atoms with Crippen LogP contribution in [-0.4, -0.2) is 31.3 Å². The van der Waals surface area contributed by atoms with Gasteiger partial charge in [0, 0.05) is 3.57 Å². The van der Waals surface area contributed by atoms with Gasteiger partial charge in [0.2, 0.25) is 0 Å². The lowest BCUT2D eigenvalue weighted by Crippen LogP contribution is -2.18. The number of ether oxygens (including phenoxy) is 2. The number of benzene rings is 2. The third kappa shape index (κ3) is 4.44. The lowest BCUT2D eigenvalue weighted by molar-refractivity contribution is -0.385. The van der Waals surface area contributed by atoms with Crippen LogP contribution in [0.15, 0.2) is 41.5 Å². The normalized spacial score (nSPS) is 10.5. The van der Waals surface area contributed by atoms with E-state index in [2.05, 4.69) is 10.5 Å². The second-order valence-electron chi connectivity index (χ2n) is 4.70. The monoisotopic (exact) mass is 455 g/mol. The molecule has 1 N–H and O–H groups in total. The molecule has 0 radical (unpaired) electrons. The van der Waals surface area contributed by atoms with Crippen molar-refractivity contribution in [1.82, 2.24) is 5.43 Å². The fourth-order valence-corrected chi connectivity index (χ4v) is 2.64. The fraction of sp³-hybridized carbons (Fsp3) is 0.125. The Morgan fingerprint density at radius 3 is 2.48 bits per heavy atom. The summed E-state index contributed by atoms with van der Waals surface area (Å²) in [5.41, 5.74) is 2.77. The van der Waals surface area contributed by atoms with Crippen LogP contribution < -0.4 is 14.9 Å². The molecule has 25 heavy (non-hydrogen) atoms. The molecule has 0 aliphatic rings. The summed E-state index contributed by atoms with van der Waals surface area (Å²) < 4.78 is 10.9. The number of hydrogen-bond acceptors (Lipinski definition) is 6. The van der Waals surface area contributed by atoms with Crippen LogP contribution in [0.1, 0.15) is 15.9 Å². The molecular weight excluding hydrogens is 441 g/mol. The molecule has 2 rings (SSSR count). The average Bonchev–Trinajstić information content (AvgIpc) is 2.61. The predicted octanol–water partition coefficient (Wildman–Crippen LogP) is 2.98. The number of nitrogens with zero attached hydrogens (tertiary/aromatic N) is 2. The van der Waals surface area contributed by atoms with Crippen LogP contribution in [0.5, 0.6) is 11.5 Å². The van der Waals surface area contributed by atoms with E-state index in [0.717, 1.165) is 3.57 Å². The quantitative estimate of drug-likeness (QED) is 0.312. The Morgan fingerprint density at radius 1 is 1.24 bits per heavy atom. The third-order valence-electron chi connectivity index (χ3n) is 3.22. The molecule has 9 heteroatoms. The number of halogens is 1. The summed E-state index contributed by atoms with van der Waals surface area (Å²) in [4.78, 5) is 22.7. The molecule has 0 aliphatic carbocycles. The first kappa shape index (κ1) is 18.6. The minimum atomic E-state index is -0.564. The van der Waals surface area contributed by atoms with E-state index in [4.69, 9.17) is 9.47 Å². The van der Waals surface area contributed by atoms with Crippen LogP contribution in [0.2, 0.25) is 0 Å². The van der Waals surface area contributed by atoms with Crippen LogP contribution >= 0.6 is 22.6 Å². The molecule has 2 aromatic rings. The highest BCUT2D eigenvalue weighted by Gasteiger charge is 2.18. The molecule has 0 aliphatic heterocycles. The van der Waals surface area contributed by atoms with Gasteiger partial charge in [-0.15, -0.1) is 0 Å². The number of nitro benzene ring substituents is 1. The number of carbonyl (C=O) groups excluding carboxylic acids is 1. The first-order chi connectivity index (χ1) is 12.0. The highest BCUT2D eigenvalue weighted by Crippen LogP contribution is 2.33. The standard InChI is InChI=1S/C16H14IN3O5/c1-24-14-7-10(13(20(22)23)8-15(14)25-2)9-18-19-16(21)11-5-3-4-6-12(11)17/h3-9H,1-2H3,(H,19,21). The molecule has 0 atom stereocenters. The van der Waals surface area contributed by atoms with Gasteiger partial charge in [-0.25, -0.2) is 5.43 Å². The summed E-state index contributed by atoms with van der Waals surface area (Å²) in [6, 6.07) is 9.65. The molecule has 0 unspecified atom stereocenters. The van der Waals surface area contributed by atoms with E-state index in [0.29, 0.717) is 11.3 Å². The molecule has 0 bridgehead atoms. The van der Waals surface area contributed by atoms with Gasteiger partial charge in [0.15, 0.2) is 11.5 Å². The molecule has 8 nitrogen and oxygen atoms in total. The van der Waals surface area contributed by atoms with E-state index < -0.39 is 10.8 Å². The SMILES string of the molecule is COc1cc(C=NNC(=O)c2ccccc2I)c([N+](=O)[O-])cc1OC. The van der Waals surface area contributed by atoms with Crippen molar-refractivity contribution in [3.8, 4) is 11.5 Å². The number of hydrogen-bond donors (Lipinski definition) is 1. The van der Waals surface area contributed by atoms with Crippen molar-refractivity contribution in [3.05, 3.63) is 61.2 Å². The van der Waals surface area contributed by atoms with Crippen LogP contribution in [0, 0.1) is 13.7 Å². The maximum Gasteiger partial charge on any atom is 0.282 e. The maximum absolute atomic E-state index is 12.1. The van der Waals surface area contributed by atoms with E-state index in [9.17, 15) is 14.9 Å². The highest BCUT2D eigenvalue weighted by atomic mass is 127. The van der Waals surface area contributed by atoms with Crippen LogP contribution in [0.4, 0.5) is 5.69 Å². The van der Waals surface area contributed by atoms with Gasteiger partial charge in [0.1, 0.15) is 0 Å². The summed E-state index contributed by atoms with van der Waals surface area (Å²) in [6.45, 7) is 0. The van der Waals surface area contributed by atoms with Gasteiger partial charge in [-0.05, 0) is 40.8 Å². The second-order valence-corrected chi connectivity index (χ2v) is 5.86. The average molecular weight is 455 g/mol. The predicted molar refractivity (Wildman–Crippen MR) is 100 cm³/mol. The Labute approximate surface area is 157 Å². The molecule has 0 fully saturated rings. The molecule has 130 valence electrons. The third-order valence-corrected chi connectivity index (χ3v) is 4.16. The molecule has 0 aromatic heterocycles. The van der Waals surface area contributed by atoms with Crippen LogP contribution in [0.25, 0.3) is 0 Å². The van der Waals surface area contributed by atoms with Crippen molar-refractivity contribution in [2.24, 2.45) is 5.10 Å². The number of amides is 1. The van der Waals surface area contributed by atoms with Crippen molar-refractivity contribution in [1.29, 1.82) is 0 Å². The van der Waals surface area contributed by atoms with Gasteiger partial charge in [0.25, 0.3) is 11.6 Å². The number of rotatable bonds is 6. The molecular formula is C16H14IN3O5. The van der Waals surface area contributed by atoms with Gasteiger partial charge in [-0.3, -0.25) is 14.9 Å². The van der Waals surface area contributed by atoms with Crippen molar-refractivity contribution < 1.29 is 19.2 Å². The second kappa shape index (κ2) is 8.42. The zero-order valence-electron chi connectivity index (χ0n) is 13.4. The topological polar surface area (TPSA) is 103 Å². The molecule has 0 heterocycles. The van der Waals surface area contributed by atoms with Gasteiger partial charge in [0.05, 0.1) is 42.6 Å². The lowest BCUT2D eigenvalue weighted by atomic mass is 10.1. The Morgan fingerprint density at radius 2 is 1.88 bits per heavy atom. The van der Waals surface area contributed by atoms with Gasteiger partial charge in [-0.2, -0.15) is 5.10 Å². The summed E-state index contributed by atoms with van der Waals surface area (Å²) >= 11 is 2.04. The van der Waals surface area contributed by atoms with Crippen molar-refractivity contribution >= 4 is 40.4 Å². The summed E-state index contributed by atoms with van der Waals surface area (Å²) in [5, 5.41) is 15.0. The number of nitro groups is 1. The van der Waals surface area contributed by atoms with E-state index in [1.807, 2.05) is 28.7 Å². The van der Waals surface area contributed by atoms with Gasteiger partial charge < -0.3 is 9.47 Å². The van der Waals surface area contributed by atoms with Crippen molar-refractivity contribution in [2.45, 2.75) is 0 Å². The largest absolute Gasteiger partial charge is 0.493 e. The van der Waals surface area contributed by atoms with E-state index >= 15 is 0 Å². The molecule has 0 saturated heterocycles. The summed E-state index contributed by atoms with van der Waals surface area (Å²) in [6.07, 6.45) is 1.19. The fourth-order valence-electron chi connectivity index (χ4n) is 2.01. The van der Waals surface area contributed by atoms with E-state index in [1.165, 1.54) is 32.6 Å². The zero-order chi connectivity index (χ0) is 18.4.